The molecule has 0 radical (unpaired) electrons. The van der Waals surface area contributed by atoms with Crippen LogP contribution >= 0.6 is 15.9 Å². The fourth-order valence-electron chi connectivity index (χ4n) is 2.34. The van der Waals surface area contributed by atoms with E-state index in [9.17, 15) is 20.2 Å². The van der Waals surface area contributed by atoms with Crippen molar-refractivity contribution in [2.45, 2.75) is 13.0 Å². The Morgan fingerprint density at radius 3 is 2.58 bits per heavy atom. The molecule has 0 bridgehead atoms. The highest BCUT2D eigenvalue weighted by atomic mass is 79.9. The van der Waals surface area contributed by atoms with Crippen LogP contribution in [0.1, 0.15) is 27.5 Å². The van der Waals surface area contributed by atoms with Gasteiger partial charge in [-0.3, -0.25) is 14.9 Å². The van der Waals surface area contributed by atoms with E-state index in [0.29, 0.717) is 10.0 Å². The molecule has 0 aliphatic heterocycles. The lowest BCUT2D eigenvalue weighted by Crippen LogP contribution is -2.31. The van der Waals surface area contributed by atoms with Gasteiger partial charge in [-0.15, -0.1) is 0 Å². The summed E-state index contributed by atoms with van der Waals surface area (Å²) in [6, 6.07) is 12.4. The SMILES string of the molecule is Cc1ccc(C(C#N)N(C)C(=O)c2ccccc2[N+](=O)[O-])c(Br)c1. The molecule has 2 aromatic carbocycles. The summed E-state index contributed by atoms with van der Waals surface area (Å²) in [6.07, 6.45) is 0. The van der Waals surface area contributed by atoms with E-state index in [4.69, 9.17) is 0 Å². The van der Waals surface area contributed by atoms with Crippen molar-refractivity contribution in [1.29, 1.82) is 5.26 Å². The zero-order valence-electron chi connectivity index (χ0n) is 13.1. The number of nitro groups is 1. The van der Waals surface area contributed by atoms with Crippen LogP contribution in [0, 0.1) is 28.4 Å². The number of nitrogens with zero attached hydrogens (tertiary/aromatic N) is 3. The molecular formula is C17H14BrN3O3. The third-order valence-electron chi connectivity index (χ3n) is 3.61. The van der Waals surface area contributed by atoms with E-state index in [1.807, 2.05) is 19.1 Å². The fourth-order valence-corrected chi connectivity index (χ4v) is 3.05. The number of amides is 1. The van der Waals surface area contributed by atoms with E-state index in [2.05, 4.69) is 22.0 Å². The van der Waals surface area contributed by atoms with Crippen LogP contribution in [0.5, 0.6) is 0 Å². The minimum Gasteiger partial charge on any atom is -0.321 e. The number of para-hydroxylation sites is 1. The van der Waals surface area contributed by atoms with Crippen LogP contribution in [-0.4, -0.2) is 22.8 Å². The number of carbonyl (C=O) groups excluding carboxylic acids is 1. The maximum absolute atomic E-state index is 12.7. The van der Waals surface area contributed by atoms with Crippen molar-refractivity contribution in [3.05, 3.63) is 73.7 Å². The molecule has 0 spiro atoms. The second-order valence-corrected chi connectivity index (χ2v) is 6.10. The number of hydrogen-bond acceptors (Lipinski definition) is 4. The second-order valence-electron chi connectivity index (χ2n) is 5.25. The largest absolute Gasteiger partial charge is 0.321 e. The van der Waals surface area contributed by atoms with Crippen molar-refractivity contribution in [3.8, 4) is 6.07 Å². The van der Waals surface area contributed by atoms with Crippen LogP contribution < -0.4 is 0 Å². The first-order valence-corrected chi connectivity index (χ1v) is 7.82. The first-order chi connectivity index (χ1) is 11.4. The van der Waals surface area contributed by atoms with Crippen LogP contribution in [0.25, 0.3) is 0 Å². The fraction of sp³-hybridized carbons (Fsp3) is 0.176. The standard InChI is InChI=1S/C17H14BrN3O3/c1-11-7-8-12(14(18)9-11)16(10-19)20(2)17(22)13-5-3-4-6-15(13)21(23)24/h3-9,16H,1-2H3. The van der Waals surface area contributed by atoms with Crippen LogP contribution in [-0.2, 0) is 0 Å². The van der Waals surface area contributed by atoms with E-state index in [0.717, 1.165) is 5.56 Å². The quantitative estimate of drug-likeness (QED) is 0.585. The highest BCUT2D eigenvalue weighted by molar-refractivity contribution is 9.10. The highest BCUT2D eigenvalue weighted by Crippen LogP contribution is 2.30. The third-order valence-corrected chi connectivity index (χ3v) is 4.30. The molecule has 0 aromatic heterocycles. The van der Waals surface area contributed by atoms with Gasteiger partial charge in [0.2, 0.25) is 0 Å². The number of halogens is 1. The molecule has 0 fully saturated rings. The lowest BCUT2D eigenvalue weighted by molar-refractivity contribution is -0.385. The average molecular weight is 388 g/mol. The predicted octanol–water partition coefficient (Wildman–Crippen LogP) is 4.00. The first kappa shape index (κ1) is 17.6. The Hall–Kier alpha value is -2.72. The van der Waals surface area contributed by atoms with Crippen molar-refractivity contribution in [1.82, 2.24) is 4.90 Å². The third kappa shape index (κ3) is 3.44. The van der Waals surface area contributed by atoms with E-state index in [1.165, 1.54) is 30.1 Å². The van der Waals surface area contributed by atoms with Crippen LogP contribution in [0.3, 0.4) is 0 Å². The van der Waals surface area contributed by atoms with E-state index < -0.39 is 16.9 Å². The number of benzene rings is 2. The molecule has 0 heterocycles. The lowest BCUT2D eigenvalue weighted by Gasteiger charge is -2.24. The monoisotopic (exact) mass is 387 g/mol. The Kier molecular flexibility index (Phi) is 5.31. The number of rotatable bonds is 4. The summed E-state index contributed by atoms with van der Waals surface area (Å²) in [7, 11) is 1.46. The second kappa shape index (κ2) is 7.23. The number of aryl methyl sites for hydroxylation is 1. The van der Waals surface area contributed by atoms with Gasteiger partial charge >= 0.3 is 0 Å². The van der Waals surface area contributed by atoms with Crippen molar-refractivity contribution in [3.63, 3.8) is 0 Å². The molecule has 0 aliphatic carbocycles. The van der Waals surface area contributed by atoms with E-state index in [-0.39, 0.29) is 11.3 Å². The number of carbonyl (C=O) groups is 1. The number of hydrogen-bond donors (Lipinski definition) is 0. The van der Waals surface area contributed by atoms with Crippen molar-refractivity contribution in [2.75, 3.05) is 7.05 Å². The predicted molar refractivity (Wildman–Crippen MR) is 92.4 cm³/mol. The molecule has 0 saturated heterocycles. The maximum atomic E-state index is 12.7. The molecule has 1 amide bonds. The summed E-state index contributed by atoms with van der Waals surface area (Å²) in [5.41, 5.74) is 1.30. The smallest absolute Gasteiger partial charge is 0.282 e. The van der Waals surface area contributed by atoms with Gasteiger partial charge in [0.15, 0.2) is 0 Å². The number of nitro benzene ring substituents is 1. The zero-order chi connectivity index (χ0) is 17.9. The summed E-state index contributed by atoms with van der Waals surface area (Å²) in [6.45, 7) is 1.91. The van der Waals surface area contributed by atoms with Gasteiger partial charge in [-0.1, -0.05) is 40.2 Å². The Morgan fingerprint density at radius 2 is 2.00 bits per heavy atom. The molecule has 7 heteroatoms. The van der Waals surface area contributed by atoms with Gasteiger partial charge in [0.1, 0.15) is 11.6 Å². The van der Waals surface area contributed by atoms with Crippen LogP contribution in [0.4, 0.5) is 5.69 Å². The molecule has 0 aliphatic rings. The molecular weight excluding hydrogens is 374 g/mol. The Morgan fingerprint density at radius 1 is 1.33 bits per heavy atom. The summed E-state index contributed by atoms with van der Waals surface area (Å²) >= 11 is 3.40. The molecule has 24 heavy (non-hydrogen) atoms. The van der Waals surface area contributed by atoms with Gasteiger partial charge in [0, 0.05) is 23.2 Å². The lowest BCUT2D eigenvalue weighted by atomic mass is 10.0. The minimum atomic E-state index is -0.868. The zero-order valence-corrected chi connectivity index (χ0v) is 14.6. The topological polar surface area (TPSA) is 87.2 Å². The molecule has 0 saturated carbocycles. The Labute approximate surface area is 147 Å². The van der Waals surface area contributed by atoms with Gasteiger partial charge in [-0.2, -0.15) is 5.26 Å². The van der Waals surface area contributed by atoms with Crippen molar-refractivity contribution in [2.24, 2.45) is 0 Å². The van der Waals surface area contributed by atoms with Crippen molar-refractivity contribution >= 4 is 27.5 Å². The molecule has 2 aromatic rings. The molecule has 6 nitrogen and oxygen atoms in total. The normalized spacial score (nSPS) is 11.4. The maximum Gasteiger partial charge on any atom is 0.282 e. The Bertz CT molecular complexity index is 845. The van der Waals surface area contributed by atoms with E-state index in [1.54, 1.807) is 12.1 Å². The summed E-state index contributed by atoms with van der Waals surface area (Å²) in [5.74, 6) is -0.582. The van der Waals surface area contributed by atoms with Crippen LogP contribution in [0.15, 0.2) is 46.9 Å². The van der Waals surface area contributed by atoms with Gasteiger partial charge in [0.05, 0.1) is 11.0 Å². The van der Waals surface area contributed by atoms with E-state index >= 15 is 0 Å². The van der Waals surface area contributed by atoms with Crippen LogP contribution in [0.2, 0.25) is 0 Å². The molecule has 122 valence electrons. The van der Waals surface area contributed by atoms with Gasteiger partial charge in [-0.25, -0.2) is 0 Å². The summed E-state index contributed by atoms with van der Waals surface area (Å²) < 4.78 is 0.705. The van der Waals surface area contributed by atoms with Crippen molar-refractivity contribution < 1.29 is 9.72 Å². The van der Waals surface area contributed by atoms with Gasteiger partial charge in [0.25, 0.3) is 11.6 Å². The molecule has 0 N–H and O–H groups in total. The molecule has 1 atom stereocenters. The molecule has 2 rings (SSSR count). The van der Waals surface area contributed by atoms with Gasteiger partial charge < -0.3 is 4.90 Å². The first-order valence-electron chi connectivity index (χ1n) is 7.03. The summed E-state index contributed by atoms with van der Waals surface area (Å²) in [4.78, 5) is 24.4. The number of nitriles is 1. The molecule has 1 unspecified atom stereocenters. The van der Waals surface area contributed by atoms with Gasteiger partial charge in [-0.05, 0) is 24.6 Å². The highest BCUT2D eigenvalue weighted by Gasteiger charge is 2.28. The minimum absolute atomic E-state index is 0.0477. The average Bonchev–Trinajstić information content (AvgIpc) is 2.56. The Balaban J connectivity index is 2.42. The summed E-state index contributed by atoms with van der Waals surface area (Å²) in [5, 5.41) is 20.6.